The van der Waals surface area contributed by atoms with Crippen LogP contribution in [-0.4, -0.2) is 16.3 Å². The highest BCUT2D eigenvalue weighted by Crippen LogP contribution is 2.37. The predicted molar refractivity (Wildman–Crippen MR) is 116 cm³/mol. The number of pyridine rings is 1. The number of carbonyl (C=O) groups is 2. The van der Waals surface area contributed by atoms with Gasteiger partial charge in [0.25, 0.3) is 5.56 Å². The lowest BCUT2D eigenvalue weighted by atomic mass is 10.0. The number of thiophene rings is 1. The Kier molecular flexibility index (Phi) is 4.86. The van der Waals surface area contributed by atoms with Gasteiger partial charge in [0.1, 0.15) is 9.83 Å². The monoisotopic (exact) mass is 402 g/mol. The maximum Gasteiger partial charge on any atom is 0.256 e. The number of carbonyl (C=O) groups excluding carboxylic acids is 2. The number of nitrogens with one attached hydrogen (secondary N) is 1. The fraction of sp³-hybridized carbons (Fsp3) is 0.0870. The summed E-state index contributed by atoms with van der Waals surface area (Å²) >= 11 is 1.22. The first-order chi connectivity index (χ1) is 14.0. The summed E-state index contributed by atoms with van der Waals surface area (Å²) < 4.78 is 1.57. The number of fused-ring (bicyclic) bond motifs is 1. The van der Waals surface area contributed by atoms with Gasteiger partial charge >= 0.3 is 0 Å². The third kappa shape index (κ3) is 3.50. The molecular weight excluding hydrogens is 384 g/mol. The van der Waals surface area contributed by atoms with Crippen molar-refractivity contribution >= 4 is 38.2 Å². The van der Waals surface area contributed by atoms with Crippen LogP contribution < -0.4 is 10.9 Å². The molecule has 29 heavy (non-hydrogen) atoms. The number of nitrogens with zero attached hydrogens (tertiary/aromatic N) is 1. The van der Waals surface area contributed by atoms with Gasteiger partial charge in [-0.1, -0.05) is 59.4 Å². The van der Waals surface area contributed by atoms with Crippen molar-refractivity contribution in [2.24, 2.45) is 0 Å². The SMILES string of the molecule is CC(=O)Nc1sc2c(ccc(=O)n2-c2ccccc2)c1C(=O)c1ccc(C)cc1. The van der Waals surface area contributed by atoms with Crippen molar-refractivity contribution in [3.8, 4) is 5.69 Å². The van der Waals surface area contributed by atoms with E-state index in [1.165, 1.54) is 24.3 Å². The van der Waals surface area contributed by atoms with Gasteiger partial charge in [-0.15, -0.1) is 0 Å². The highest BCUT2D eigenvalue weighted by atomic mass is 32.1. The van der Waals surface area contributed by atoms with E-state index in [1.54, 1.807) is 22.8 Å². The largest absolute Gasteiger partial charge is 0.317 e. The third-order valence-electron chi connectivity index (χ3n) is 4.59. The molecule has 0 fully saturated rings. The van der Waals surface area contributed by atoms with Crippen molar-refractivity contribution in [2.75, 3.05) is 5.32 Å². The first-order valence-corrected chi connectivity index (χ1v) is 9.90. The fourth-order valence-corrected chi connectivity index (χ4v) is 4.49. The van der Waals surface area contributed by atoms with E-state index in [0.717, 1.165) is 5.56 Å². The Morgan fingerprint density at radius 3 is 2.28 bits per heavy atom. The maximum absolute atomic E-state index is 13.3. The van der Waals surface area contributed by atoms with Gasteiger partial charge in [0.2, 0.25) is 5.91 Å². The molecule has 0 unspecified atom stereocenters. The summed E-state index contributed by atoms with van der Waals surface area (Å²) in [7, 11) is 0. The number of benzene rings is 2. The van der Waals surface area contributed by atoms with Crippen LogP contribution in [0.2, 0.25) is 0 Å². The molecule has 0 radical (unpaired) electrons. The Labute approximate surface area is 171 Å². The molecule has 0 bridgehead atoms. The molecule has 4 aromatic rings. The molecule has 0 saturated heterocycles. The summed E-state index contributed by atoms with van der Waals surface area (Å²) in [6, 6.07) is 19.6. The molecule has 4 rings (SSSR count). The van der Waals surface area contributed by atoms with Gasteiger partial charge < -0.3 is 5.32 Å². The molecule has 0 aliphatic rings. The lowest BCUT2D eigenvalue weighted by Gasteiger charge is -2.07. The van der Waals surface area contributed by atoms with Gasteiger partial charge in [-0.05, 0) is 25.1 Å². The summed E-state index contributed by atoms with van der Waals surface area (Å²) in [5, 5.41) is 3.84. The normalized spacial score (nSPS) is 10.8. The molecule has 1 N–H and O–H groups in total. The second-order valence-corrected chi connectivity index (χ2v) is 7.74. The molecule has 0 aliphatic heterocycles. The summed E-state index contributed by atoms with van der Waals surface area (Å²) in [5.41, 5.74) is 2.48. The molecule has 0 spiro atoms. The molecule has 0 aliphatic carbocycles. The molecule has 144 valence electrons. The average Bonchev–Trinajstić information content (AvgIpc) is 3.05. The number of hydrogen-bond donors (Lipinski definition) is 1. The van der Waals surface area contributed by atoms with Crippen LogP contribution in [0.4, 0.5) is 5.00 Å². The van der Waals surface area contributed by atoms with Crippen LogP contribution in [0.1, 0.15) is 28.4 Å². The number of anilines is 1. The summed E-state index contributed by atoms with van der Waals surface area (Å²) in [6.07, 6.45) is 0. The van der Waals surface area contributed by atoms with Gasteiger partial charge in [0.05, 0.1) is 11.3 Å². The number of rotatable bonds is 4. The summed E-state index contributed by atoms with van der Waals surface area (Å²) in [4.78, 5) is 38.4. The van der Waals surface area contributed by atoms with E-state index in [2.05, 4.69) is 5.32 Å². The standard InChI is InChI=1S/C23H18N2O3S/c1-14-8-10-16(11-9-14)21(28)20-18-12-13-19(27)25(17-6-4-3-5-7-17)23(18)29-22(20)24-15(2)26/h3-13H,1-2H3,(H,24,26). The number of ketones is 1. The van der Waals surface area contributed by atoms with Gasteiger partial charge in [0.15, 0.2) is 5.78 Å². The lowest BCUT2D eigenvalue weighted by Crippen LogP contribution is -2.16. The molecule has 1 amide bonds. The summed E-state index contributed by atoms with van der Waals surface area (Å²) in [5.74, 6) is -0.471. The van der Waals surface area contributed by atoms with Crippen molar-refractivity contribution < 1.29 is 9.59 Å². The molecule has 6 heteroatoms. The smallest absolute Gasteiger partial charge is 0.256 e. The van der Waals surface area contributed by atoms with Crippen LogP contribution >= 0.6 is 11.3 Å². The Morgan fingerprint density at radius 1 is 0.931 bits per heavy atom. The van der Waals surface area contributed by atoms with E-state index in [4.69, 9.17) is 0 Å². The van der Waals surface area contributed by atoms with Crippen molar-refractivity contribution in [3.05, 3.63) is 93.8 Å². The van der Waals surface area contributed by atoms with E-state index in [-0.39, 0.29) is 17.2 Å². The number of amides is 1. The second-order valence-electron chi connectivity index (χ2n) is 6.74. The predicted octanol–water partition coefficient (Wildman–Crippen LogP) is 4.55. The zero-order valence-electron chi connectivity index (χ0n) is 15.9. The zero-order chi connectivity index (χ0) is 20.5. The first kappa shape index (κ1) is 18.8. The van der Waals surface area contributed by atoms with Gasteiger partial charge in [0, 0.05) is 23.9 Å². The van der Waals surface area contributed by atoms with E-state index in [9.17, 15) is 14.4 Å². The van der Waals surface area contributed by atoms with Crippen molar-refractivity contribution in [3.63, 3.8) is 0 Å². The van der Waals surface area contributed by atoms with E-state index >= 15 is 0 Å². The molecule has 0 atom stereocenters. The van der Waals surface area contributed by atoms with Crippen LogP contribution in [0.25, 0.3) is 15.9 Å². The Hall–Kier alpha value is -3.51. The molecule has 2 heterocycles. The minimum absolute atomic E-state index is 0.196. The highest BCUT2D eigenvalue weighted by Gasteiger charge is 2.23. The van der Waals surface area contributed by atoms with E-state index in [1.807, 2.05) is 49.4 Å². The highest BCUT2D eigenvalue weighted by molar-refractivity contribution is 7.23. The van der Waals surface area contributed by atoms with Crippen molar-refractivity contribution in [1.29, 1.82) is 0 Å². The van der Waals surface area contributed by atoms with Crippen LogP contribution in [0.5, 0.6) is 0 Å². The van der Waals surface area contributed by atoms with E-state index in [0.29, 0.717) is 32.0 Å². The van der Waals surface area contributed by atoms with Crippen LogP contribution in [0.15, 0.2) is 71.5 Å². The van der Waals surface area contributed by atoms with Gasteiger partial charge in [-0.25, -0.2) is 0 Å². The second kappa shape index (κ2) is 7.48. The zero-order valence-corrected chi connectivity index (χ0v) is 16.7. The summed E-state index contributed by atoms with van der Waals surface area (Å²) in [6.45, 7) is 3.35. The van der Waals surface area contributed by atoms with Crippen molar-refractivity contribution in [1.82, 2.24) is 4.57 Å². The topological polar surface area (TPSA) is 68.2 Å². The molecule has 5 nitrogen and oxygen atoms in total. The van der Waals surface area contributed by atoms with Gasteiger partial charge in [-0.2, -0.15) is 0 Å². The molecule has 2 aromatic heterocycles. The Bertz CT molecular complexity index is 1290. The number of hydrogen-bond acceptors (Lipinski definition) is 4. The van der Waals surface area contributed by atoms with Crippen LogP contribution in [0, 0.1) is 6.92 Å². The van der Waals surface area contributed by atoms with Gasteiger partial charge in [-0.3, -0.25) is 19.0 Å². The van der Waals surface area contributed by atoms with Crippen LogP contribution in [0.3, 0.4) is 0 Å². The minimum atomic E-state index is -0.275. The Balaban J connectivity index is 2.00. The molecule has 2 aromatic carbocycles. The van der Waals surface area contributed by atoms with Crippen LogP contribution in [-0.2, 0) is 4.79 Å². The number of para-hydroxylation sites is 1. The average molecular weight is 402 g/mol. The van der Waals surface area contributed by atoms with E-state index < -0.39 is 0 Å². The maximum atomic E-state index is 13.3. The lowest BCUT2D eigenvalue weighted by molar-refractivity contribution is -0.114. The fourth-order valence-electron chi connectivity index (χ4n) is 3.23. The third-order valence-corrected chi connectivity index (χ3v) is 5.69. The number of aryl methyl sites for hydroxylation is 1. The first-order valence-electron chi connectivity index (χ1n) is 9.08. The minimum Gasteiger partial charge on any atom is -0.317 e. The Morgan fingerprint density at radius 2 is 1.62 bits per heavy atom. The molecular formula is C23H18N2O3S. The molecule has 0 saturated carbocycles. The quantitative estimate of drug-likeness (QED) is 0.509. The number of aromatic nitrogens is 1. The van der Waals surface area contributed by atoms with Crippen molar-refractivity contribution in [2.45, 2.75) is 13.8 Å².